The molecule has 0 unspecified atom stereocenters. The van der Waals surface area contributed by atoms with Crippen LogP contribution in [-0.4, -0.2) is 25.8 Å². The van der Waals surface area contributed by atoms with Gasteiger partial charge in [-0.15, -0.1) is 0 Å². The van der Waals surface area contributed by atoms with Gasteiger partial charge in [0.15, 0.2) is 0 Å². The average molecular weight is 596 g/mol. The van der Waals surface area contributed by atoms with Crippen molar-refractivity contribution < 1.29 is 50.1 Å². The fourth-order valence-electron chi connectivity index (χ4n) is 3.90. The minimum absolute atomic E-state index is 0.0217. The van der Waals surface area contributed by atoms with Gasteiger partial charge in [-0.05, 0) is 47.9 Å². The highest BCUT2D eigenvalue weighted by atomic mass is 19.4. The third kappa shape index (κ3) is 8.84. The fraction of sp³-hybridized carbons (Fsp3) is 0.267. The number of rotatable bonds is 10. The van der Waals surface area contributed by atoms with E-state index in [1.807, 2.05) is 0 Å². The molecule has 1 amide bonds. The molecule has 0 aromatic heterocycles. The second-order valence-electron chi connectivity index (χ2n) is 9.17. The zero-order chi connectivity index (χ0) is 31.0. The molecule has 0 aliphatic rings. The Morgan fingerprint density at radius 2 is 1.38 bits per heavy atom. The Hall–Kier alpha value is -4.32. The number of alkyl carbamates (subject to hydrolysis) is 1. The van der Waals surface area contributed by atoms with Crippen molar-refractivity contribution >= 4 is 12.1 Å². The molecule has 12 heteroatoms. The number of ether oxygens (including phenoxy) is 3. The molecule has 6 nitrogen and oxygen atoms in total. The van der Waals surface area contributed by atoms with Crippen LogP contribution >= 0.6 is 0 Å². The molecule has 2 atom stereocenters. The van der Waals surface area contributed by atoms with Crippen LogP contribution < -0.4 is 5.32 Å². The molecule has 0 heterocycles. The van der Waals surface area contributed by atoms with Gasteiger partial charge < -0.3 is 19.5 Å². The summed E-state index contributed by atoms with van der Waals surface area (Å²) < 4.78 is 96.3. The monoisotopic (exact) mass is 595 g/mol. The summed E-state index contributed by atoms with van der Waals surface area (Å²) in [4.78, 5) is 25.0. The molecule has 0 aliphatic carbocycles. The molecule has 3 aromatic carbocycles. The molecule has 0 spiro atoms. The fourth-order valence-corrected chi connectivity index (χ4v) is 3.90. The van der Waals surface area contributed by atoms with Crippen LogP contribution in [0.15, 0.2) is 91.0 Å². The predicted molar refractivity (Wildman–Crippen MR) is 140 cm³/mol. The van der Waals surface area contributed by atoms with Crippen molar-refractivity contribution in [1.29, 1.82) is 0 Å². The Morgan fingerprint density at radius 1 is 0.833 bits per heavy atom. The largest absolute Gasteiger partial charge is 0.466 e. The number of benzene rings is 3. The van der Waals surface area contributed by atoms with Crippen molar-refractivity contribution in [3.63, 3.8) is 0 Å². The SMILES string of the molecule is COC(=O)/C=C\[C@](CO[C@H](C)c1cc(C(F)(F)F)cc(C(F)(F)F)c1)(NC(=O)OCc1ccccc1)c1ccccc1. The van der Waals surface area contributed by atoms with Gasteiger partial charge in [-0.2, -0.15) is 26.3 Å². The van der Waals surface area contributed by atoms with E-state index in [1.54, 1.807) is 60.7 Å². The Bertz CT molecular complexity index is 1340. The van der Waals surface area contributed by atoms with Crippen LogP contribution in [0.2, 0.25) is 0 Å². The van der Waals surface area contributed by atoms with E-state index in [2.05, 4.69) is 10.1 Å². The van der Waals surface area contributed by atoms with Crippen molar-refractivity contribution in [2.45, 2.75) is 37.5 Å². The van der Waals surface area contributed by atoms with Crippen LogP contribution in [-0.2, 0) is 43.5 Å². The molecule has 0 radical (unpaired) electrons. The van der Waals surface area contributed by atoms with Gasteiger partial charge in [0.05, 0.1) is 30.9 Å². The number of methoxy groups -OCH3 is 1. The Labute approximate surface area is 237 Å². The lowest BCUT2D eigenvalue weighted by atomic mass is 9.90. The Kier molecular flexibility index (Phi) is 10.4. The highest BCUT2D eigenvalue weighted by Gasteiger charge is 2.38. The van der Waals surface area contributed by atoms with Crippen LogP contribution in [0, 0.1) is 0 Å². The topological polar surface area (TPSA) is 73.9 Å². The number of alkyl halides is 6. The molecule has 3 aromatic rings. The van der Waals surface area contributed by atoms with Crippen LogP contribution in [0.25, 0.3) is 0 Å². The molecular weight excluding hydrogens is 568 g/mol. The van der Waals surface area contributed by atoms with Crippen LogP contribution in [0.5, 0.6) is 0 Å². The first-order valence-electron chi connectivity index (χ1n) is 12.5. The number of carbonyl (C=O) groups is 2. The maximum absolute atomic E-state index is 13.4. The molecule has 1 N–H and O–H groups in total. The molecule has 0 aliphatic heterocycles. The van der Waals surface area contributed by atoms with Crippen molar-refractivity contribution in [2.75, 3.05) is 13.7 Å². The summed E-state index contributed by atoms with van der Waals surface area (Å²) in [6.07, 6.45) is -10.1. The minimum atomic E-state index is -5.04. The Morgan fingerprint density at radius 3 is 1.90 bits per heavy atom. The number of halogens is 6. The molecular formula is C30H27F6NO5. The van der Waals surface area contributed by atoms with Crippen molar-refractivity contribution in [3.05, 3.63) is 119 Å². The van der Waals surface area contributed by atoms with E-state index in [-0.39, 0.29) is 12.7 Å². The Balaban J connectivity index is 1.98. The molecule has 224 valence electrons. The molecule has 0 saturated carbocycles. The van der Waals surface area contributed by atoms with Gasteiger partial charge in [0.2, 0.25) is 0 Å². The van der Waals surface area contributed by atoms with Gasteiger partial charge >= 0.3 is 24.4 Å². The van der Waals surface area contributed by atoms with Crippen molar-refractivity contribution in [2.24, 2.45) is 0 Å². The number of esters is 1. The van der Waals surface area contributed by atoms with E-state index in [0.29, 0.717) is 23.3 Å². The van der Waals surface area contributed by atoms with Crippen LogP contribution in [0.1, 0.15) is 40.8 Å². The van der Waals surface area contributed by atoms with Gasteiger partial charge in [-0.3, -0.25) is 0 Å². The smallest absolute Gasteiger partial charge is 0.416 e. The highest BCUT2D eigenvalue weighted by molar-refractivity contribution is 5.82. The highest BCUT2D eigenvalue weighted by Crippen LogP contribution is 2.38. The third-order valence-corrected chi connectivity index (χ3v) is 6.17. The summed E-state index contributed by atoms with van der Waals surface area (Å²) in [6, 6.07) is 18.0. The van der Waals surface area contributed by atoms with Gasteiger partial charge in [-0.25, -0.2) is 9.59 Å². The third-order valence-electron chi connectivity index (χ3n) is 6.17. The van der Waals surface area contributed by atoms with Gasteiger partial charge in [0, 0.05) is 6.08 Å². The minimum Gasteiger partial charge on any atom is -0.466 e. The number of nitrogens with one attached hydrogen (secondary N) is 1. The van der Waals surface area contributed by atoms with Crippen molar-refractivity contribution in [1.82, 2.24) is 5.32 Å². The van der Waals surface area contributed by atoms with Gasteiger partial charge in [0.1, 0.15) is 12.1 Å². The maximum atomic E-state index is 13.4. The van der Waals surface area contributed by atoms with E-state index in [0.717, 1.165) is 13.2 Å². The number of carbonyl (C=O) groups excluding carboxylic acids is 2. The predicted octanol–water partition coefficient (Wildman–Crippen LogP) is 7.35. The lowest BCUT2D eigenvalue weighted by molar-refractivity contribution is -0.143. The summed E-state index contributed by atoms with van der Waals surface area (Å²) in [7, 11) is 1.13. The molecule has 0 saturated heterocycles. The van der Waals surface area contributed by atoms with Gasteiger partial charge in [-0.1, -0.05) is 60.7 Å². The molecule has 3 rings (SSSR count). The second-order valence-corrected chi connectivity index (χ2v) is 9.17. The molecule has 0 bridgehead atoms. The molecule has 42 heavy (non-hydrogen) atoms. The maximum Gasteiger partial charge on any atom is 0.416 e. The van der Waals surface area contributed by atoms with E-state index in [1.165, 1.54) is 13.0 Å². The summed E-state index contributed by atoms with van der Waals surface area (Å²) in [5.41, 5.74) is -4.00. The van der Waals surface area contributed by atoms with Crippen LogP contribution in [0.3, 0.4) is 0 Å². The first kappa shape index (κ1) is 32.2. The van der Waals surface area contributed by atoms with Crippen LogP contribution in [0.4, 0.5) is 31.1 Å². The summed E-state index contributed by atoms with van der Waals surface area (Å²) in [5.74, 6) is -0.796. The quantitative estimate of drug-likeness (QED) is 0.151. The number of hydrogen-bond donors (Lipinski definition) is 1. The molecule has 0 fully saturated rings. The first-order valence-corrected chi connectivity index (χ1v) is 12.5. The van der Waals surface area contributed by atoms with E-state index in [9.17, 15) is 35.9 Å². The lowest BCUT2D eigenvalue weighted by Gasteiger charge is -2.33. The standard InChI is InChI=1S/C30H27F6NO5/c1-20(22-15-24(29(31,32)33)17-25(16-22)30(34,35)36)42-19-28(14-13-26(38)40-2,23-11-7-4-8-12-23)37-27(39)41-18-21-9-5-3-6-10-21/h3-17,20H,18-19H2,1-2H3,(H,37,39)/b14-13-/t20-,28-/m1/s1. The zero-order valence-corrected chi connectivity index (χ0v) is 22.5. The second kappa shape index (κ2) is 13.6. The van der Waals surface area contributed by atoms with Gasteiger partial charge in [0.25, 0.3) is 0 Å². The summed E-state index contributed by atoms with van der Waals surface area (Å²) in [5, 5.41) is 2.63. The normalized spacial score (nSPS) is 14.2. The zero-order valence-electron chi connectivity index (χ0n) is 22.5. The first-order chi connectivity index (χ1) is 19.7. The number of amides is 1. The number of hydrogen-bond acceptors (Lipinski definition) is 5. The lowest BCUT2D eigenvalue weighted by Crippen LogP contribution is -2.48. The van der Waals surface area contributed by atoms with Crippen molar-refractivity contribution in [3.8, 4) is 0 Å². The van der Waals surface area contributed by atoms with E-state index >= 15 is 0 Å². The average Bonchev–Trinajstić information content (AvgIpc) is 2.97. The van der Waals surface area contributed by atoms with E-state index in [4.69, 9.17) is 9.47 Å². The summed E-state index contributed by atoms with van der Waals surface area (Å²) in [6.45, 7) is 0.632. The van der Waals surface area contributed by atoms with E-state index < -0.39 is 59.4 Å². The summed E-state index contributed by atoms with van der Waals surface area (Å²) >= 11 is 0.